The number of rotatable bonds is 7. The third-order valence-electron chi connectivity index (χ3n) is 4.26. The molecule has 0 spiro atoms. The van der Waals surface area contributed by atoms with E-state index in [0.717, 1.165) is 5.56 Å². The molecule has 0 saturated carbocycles. The fourth-order valence-electron chi connectivity index (χ4n) is 2.62. The molecule has 9 heteroatoms. The molecule has 3 aromatic rings. The van der Waals surface area contributed by atoms with E-state index >= 15 is 0 Å². The average molecular weight is 427 g/mol. The summed E-state index contributed by atoms with van der Waals surface area (Å²) in [5.74, 6) is 1.01. The van der Waals surface area contributed by atoms with Gasteiger partial charge in [-0.1, -0.05) is 17.7 Å². The second-order valence-electron chi connectivity index (χ2n) is 6.37. The molecule has 3 rings (SSSR count). The van der Waals surface area contributed by atoms with Crippen LogP contribution in [-0.4, -0.2) is 27.5 Å². The maximum absolute atomic E-state index is 12.8. The molecule has 0 unspecified atom stereocenters. The van der Waals surface area contributed by atoms with Crippen molar-refractivity contribution in [2.24, 2.45) is 5.11 Å². The van der Waals surface area contributed by atoms with E-state index in [2.05, 4.69) is 9.84 Å². The van der Waals surface area contributed by atoms with E-state index in [9.17, 15) is 13.6 Å². The number of hydrogen-bond acceptors (Lipinski definition) is 6. The van der Waals surface area contributed by atoms with Crippen molar-refractivity contribution in [1.82, 2.24) is 0 Å². The molecule has 30 heavy (non-hydrogen) atoms. The zero-order valence-electron chi connectivity index (χ0n) is 16.7. The van der Waals surface area contributed by atoms with Gasteiger partial charge in [0.05, 0.1) is 19.1 Å². The van der Waals surface area contributed by atoms with E-state index in [-0.39, 0.29) is 16.3 Å². The van der Waals surface area contributed by atoms with Gasteiger partial charge in [-0.15, -0.1) is 0 Å². The smallest absolute Gasteiger partial charge is 0.269 e. The number of methoxy groups -OCH3 is 2. The third kappa shape index (κ3) is 4.87. The van der Waals surface area contributed by atoms with Crippen molar-refractivity contribution >= 4 is 27.1 Å². The number of hydrogen-bond donors (Lipinski definition) is 1. The monoisotopic (exact) mass is 427 g/mol. The van der Waals surface area contributed by atoms with Crippen molar-refractivity contribution in [2.75, 3.05) is 18.9 Å². The van der Waals surface area contributed by atoms with Gasteiger partial charge < -0.3 is 14.7 Å². The van der Waals surface area contributed by atoms with Crippen molar-refractivity contribution in [3.8, 4) is 11.5 Å². The minimum atomic E-state index is -3.92. The normalized spacial score (nSPS) is 11.8. The molecule has 1 N–H and O–H groups in total. The summed E-state index contributed by atoms with van der Waals surface area (Å²) in [5, 5.41) is 16.7. The molecular formula is C21H21N3O5S. The highest BCUT2D eigenvalue weighted by molar-refractivity contribution is 7.92. The topological polar surface area (TPSA) is 103 Å². The van der Waals surface area contributed by atoms with Gasteiger partial charge >= 0.3 is 0 Å². The Morgan fingerprint density at radius 2 is 1.50 bits per heavy atom. The Morgan fingerprint density at radius 3 is 2.10 bits per heavy atom. The Kier molecular flexibility index (Phi) is 6.22. The first-order valence-electron chi connectivity index (χ1n) is 8.93. The second-order valence-corrected chi connectivity index (χ2v) is 8.05. The van der Waals surface area contributed by atoms with E-state index in [1.165, 1.54) is 38.5 Å². The van der Waals surface area contributed by atoms with Gasteiger partial charge in [-0.3, -0.25) is 4.72 Å². The van der Waals surface area contributed by atoms with Crippen LogP contribution in [0.5, 0.6) is 11.5 Å². The molecule has 156 valence electrons. The quantitative estimate of drug-likeness (QED) is 0.333. The maximum Gasteiger partial charge on any atom is 0.269 e. The molecule has 0 amide bonds. The summed E-state index contributed by atoms with van der Waals surface area (Å²) in [6, 6.07) is 17.4. The molecule has 0 atom stereocenters. The van der Waals surface area contributed by atoms with Crippen molar-refractivity contribution in [2.45, 2.75) is 11.8 Å². The van der Waals surface area contributed by atoms with Crippen LogP contribution in [0.3, 0.4) is 0 Å². The van der Waals surface area contributed by atoms with E-state index in [1.807, 2.05) is 6.92 Å². The van der Waals surface area contributed by atoms with Crippen LogP contribution >= 0.6 is 0 Å². The second kappa shape index (κ2) is 8.83. The Bertz CT molecular complexity index is 1160. The summed E-state index contributed by atoms with van der Waals surface area (Å²) in [6.45, 7) is 1.86. The van der Waals surface area contributed by atoms with Gasteiger partial charge in [-0.2, -0.15) is 0 Å². The highest BCUT2D eigenvalue weighted by Crippen LogP contribution is 2.32. The molecule has 0 saturated heterocycles. The number of ether oxygens (including phenoxy) is 2. The van der Waals surface area contributed by atoms with E-state index in [1.54, 1.807) is 42.5 Å². The van der Waals surface area contributed by atoms with Crippen LogP contribution in [0.4, 0.5) is 17.1 Å². The van der Waals surface area contributed by atoms with Gasteiger partial charge in [0.2, 0.25) is 0 Å². The molecule has 0 bridgehead atoms. The SMILES string of the molecule is COc1ccc(N=[N+]([O-])c2ccc(OC)cc2NS(=O)(=O)c2ccc(C)cc2)cc1. The first-order chi connectivity index (χ1) is 14.3. The predicted octanol–water partition coefficient (Wildman–Crippen LogP) is 4.74. The first-order valence-corrected chi connectivity index (χ1v) is 10.4. The highest BCUT2D eigenvalue weighted by atomic mass is 32.2. The van der Waals surface area contributed by atoms with Gasteiger partial charge in [-0.05, 0) is 54.2 Å². The summed E-state index contributed by atoms with van der Waals surface area (Å²) >= 11 is 0. The molecule has 0 fully saturated rings. The summed E-state index contributed by atoms with van der Waals surface area (Å²) in [4.78, 5) is 0.431. The molecule has 0 radical (unpaired) electrons. The van der Waals surface area contributed by atoms with Crippen LogP contribution in [0, 0.1) is 12.1 Å². The van der Waals surface area contributed by atoms with Crippen molar-refractivity contribution < 1.29 is 22.8 Å². The fourth-order valence-corrected chi connectivity index (χ4v) is 3.68. The van der Waals surface area contributed by atoms with Crippen LogP contribution in [-0.2, 0) is 10.0 Å². The average Bonchev–Trinajstić information content (AvgIpc) is 2.74. The molecule has 0 heterocycles. The Balaban J connectivity index is 1.99. The zero-order chi connectivity index (χ0) is 21.7. The van der Waals surface area contributed by atoms with Gasteiger partial charge in [0.1, 0.15) is 22.9 Å². The van der Waals surface area contributed by atoms with Gasteiger partial charge in [-0.25, -0.2) is 8.42 Å². The lowest BCUT2D eigenvalue weighted by molar-refractivity contribution is -0.434. The Morgan fingerprint density at radius 1 is 0.900 bits per heavy atom. The van der Waals surface area contributed by atoms with Gasteiger partial charge in [0, 0.05) is 17.2 Å². The molecule has 0 aliphatic heterocycles. The van der Waals surface area contributed by atoms with Crippen LogP contribution in [0.25, 0.3) is 0 Å². The number of azo groups is 1. The number of sulfonamides is 1. The number of nitrogens with one attached hydrogen (secondary N) is 1. The molecule has 0 aromatic heterocycles. The third-order valence-corrected chi connectivity index (χ3v) is 5.65. The molecule has 0 aliphatic carbocycles. The van der Waals surface area contributed by atoms with Gasteiger partial charge in [0.15, 0.2) is 0 Å². The largest absolute Gasteiger partial charge is 0.594 e. The van der Waals surface area contributed by atoms with Crippen LogP contribution in [0.15, 0.2) is 76.7 Å². The lowest BCUT2D eigenvalue weighted by Gasteiger charge is -2.12. The number of aryl methyl sites for hydroxylation is 1. The first kappa shape index (κ1) is 21.1. The molecule has 8 nitrogen and oxygen atoms in total. The van der Waals surface area contributed by atoms with Crippen LogP contribution < -0.4 is 14.2 Å². The minimum Gasteiger partial charge on any atom is -0.594 e. The molecule has 3 aromatic carbocycles. The van der Waals surface area contributed by atoms with E-state index < -0.39 is 10.0 Å². The maximum atomic E-state index is 12.8. The lowest BCUT2D eigenvalue weighted by atomic mass is 10.2. The molecule has 0 aliphatic rings. The van der Waals surface area contributed by atoms with Gasteiger partial charge in [0.25, 0.3) is 15.7 Å². The highest BCUT2D eigenvalue weighted by Gasteiger charge is 2.21. The van der Waals surface area contributed by atoms with Crippen molar-refractivity contribution in [3.63, 3.8) is 0 Å². The van der Waals surface area contributed by atoms with Crippen molar-refractivity contribution in [3.05, 3.63) is 77.5 Å². The van der Waals surface area contributed by atoms with Crippen LogP contribution in [0.1, 0.15) is 5.56 Å². The Hall–Kier alpha value is -3.59. The Labute approximate surface area is 175 Å². The summed E-state index contributed by atoms with van der Waals surface area (Å²) in [7, 11) is -0.936. The standard InChI is InChI=1S/C21H21N3O5S/c1-15-4-11-19(12-5-15)30(26,27)23-20-14-18(29-3)10-13-21(20)24(25)22-16-6-8-17(28-2)9-7-16/h4-14,23H,1-3H3. The molecular weight excluding hydrogens is 406 g/mol. The summed E-state index contributed by atoms with van der Waals surface area (Å²) in [5.41, 5.74) is 1.37. The van der Waals surface area contributed by atoms with E-state index in [4.69, 9.17) is 9.47 Å². The lowest BCUT2D eigenvalue weighted by Crippen LogP contribution is -2.14. The predicted molar refractivity (Wildman–Crippen MR) is 113 cm³/mol. The summed E-state index contributed by atoms with van der Waals surface area (Å²) in [6.07, 6.45) is 0. The number of nitrogens with zero attached hydrogens (tertiary/aromatic N) is 2. The van der Waals surface area contributed by atoms with Crippen LogP contribution in [0.2, 0.25) is 0 Å². The minimum absolute atomic E-state index is 0.0160. The summed E-state index contributed by atoms with van der Waals surface area (Å²) < 4.78 is 38.3. The van der Waals surface area contributed by atoms with E-state index in [0.29, 0.717) is 22.0 Å². The van der Waals surface area contributed by atoms with Crippen molar-refractivity contribution in [1.29, 1.82) is 0 Å². The fraction of sp³-hybridized carbons (Fsp3) is 0.143. The zero-order valence-corrected chi connectivity index (χ0v) is 17.5. The number of benzene rings is 3. The number of anilines is 1.